The Morgan fingerprint density at radius 3 is 1.81 bits per heavy atom. The Labute approximate surface area is 192 Å². The molecule has 0 spiro atoms. The topological polar surface area (TPSA) is 17.3 Å². The average molecular weight is 433 g/mol. The van der Waals surface area contributed by atoms with Gasteiger partial charge in [0.25, 0.3) is 0 Å². The number of thiazole rings is 1. The molecule has 0 radical (unpaired) electrons. The lowest BCUT2D eigenvalue weighted by molar-refractivity contribution is 1.01. The van der Waals surface area contributed by atoms with Crippen molar-refractivity contribution in [1.82, 2.24) is 4.57 Å². The lowest BCUT2D eigenvalue weighted by Crippen LogP contribution is -2.13. The third-order valence-electron chi connectivity index (χ3n) is 5.55. The number of benzene rings is 4. The maximum atomic E-state index is 4.97. The number of hydrogen-bond donors (Lipinski definition) is 0. The Hall–Kier alpha value is -3.69. The van der Waals surface area contributed by atoms with Crippen molar-refractivity contribution in [2.75, 3.05) is 0 Å². The Bertz CT molecular complexity index is 1390. The van der Waals surface area contributed by atoms with Crippen LogP contribution in [0, 0.1) is 13.8 Å². The van der Waals surface area contributed by atoms with Gasteiger partial charge in [-0.05, 0) is 54.8 Å². The van der Waals surface area contributed by atoms with Crippen LogP contribution in [0.5, 0.6) is 0 Å². The van der Waals surface area contributed by atoms with Gasteiger partial charge in [0.15, 0.2) is 4.80 Å². The predicted molar refractivity (Wildman–Crippen MR) is 136 cm³/mol. The second kappa shape index (κ2) is 8.81. The molecule has 156 valence electrons. The van der Waals surface area contributed by atoms with Gasteiger partial charge in [0, 0.05) is 11.1 Å². The standard InChI is InChI=1S/C29H24N2S/c1-21-8-16-26(17-9-21)30-29-31(27-18-10-22(2)11-19-27)28(20-32-29)25-14-12-24(13-15-25)23-6-4-3-5-7-23/h3-20H,1-2H3. The highest BCUT2D eigenvalue weighted by Gasteiger charge is 2.11. The summed E-state index contributed by atoms with van der Waals surface area (Å²) >= 11 is 1.67. The van der Waals surface area contributed by atoms with Crippen LogP contribution in [0.1, 0.15) is 11.1 Å². The first-order valence-corrected chi connectivity index (χ1v) is 11.6. The summed E-state index contributed by atoms with van der Waals surface area (Å²) in [4.78, 5) is 5.93. The first-order chi connectivity index (χ1) is 15.7. The highest BCUT2D eigenvalue weighted by Crippen LogP contribution is 2.27. The number of nitrogens with zero attached hydrogens (tertiary/aromatic N) is 2. The molecule has 1 aromatic heterocycles. The first-order valence-electron chi connectivity index (χ1n) is 10.7. The molecule has 0 fully saturated rings. The summed E-state index contributed by atoms with van der Waals surface area (Å²) in [5.74, 6) is 0. The van der Waals surface area contributed by atoms with Crippen LogP contribution in [-0.4, -0.2) is 4.57 Å². The summed E-state index contributed by atoms with van der Waals surface area (Å²) in [5, 5.41) is 2.20. The zero-order valence-corrected chi connectivity index (χ0v) is 19.0. The van der Waals surface area contributed by atoms with Gasteiger partial charge in [-0.25, -0.2) is 4.99 Å². The fraction of sp³-hybridized carbons (Fsp3) is 0.0690. The van der Waals surface area contributed by atoms with Crippen LogP contribution < -0.4 is 4.80 Å². The van der Waals surface area contributed by atoms with Crippen LogP contribution in [0.15, 0.2) is 114 Å². The van der Waals surface area contributed by atoms with Crippen molar-refractivity contribution in [3.8, 4) is 28.1 Å². The smallest absolute Gasteiger partial charge is 0.195 e. The SMILES string of the molecule is Cc1ccc(N=c2scc(-c3ccc(-c4ccccc4)cc3)n2-c2ccc(C)cc2)cc1. The summed E-state index contributed by atoms with van der Waals surface area (Å²) in [6.45, 7) is 4.21. The van der Waals surface area contributed by atoms with E-state index in [0.717, 1.165) is 21.9 Å². The van der Waals surface area contributed by atoms with Gasteiger partial charge in [-0.1, -0.05) is 90.0 Å². The summed E-state index contributed by atoms with van der Waals surface area (Å²) in [7, 11) is 0. The highest BCUT2D eigenvalue weighted by molar-refractivity contribution is 7.07. The highest BCUT2D eigenvalue weighted by atomic mass is 32.1. The largest absolute Gasteiger partial charge is 0.285 e. The molecule has 32 heavy (non-hydrogen) atoms. The Balaban J connectivity index is 1.63. The molecule has 0 saturated heterocycles. The molecule has 5 aromatic rings. The van der Waals surface area contributed by atoms with Gasteiger partial charge in [-0.3, -0.25) is 4.57 Å². The van der Waals surface area contributed by atoms with Crippen molar-refractivity contribution >= 4 is 17.0 Å². The van der Waals surface area contributed by atoms with E-state index in [4.69, 9.17) is 4.99 Å². The van der Waals surface area contributed by atoms with Gasteiger partial charge in [0.2, 0.25) is 0 Å². The van der Waals surface area contributed by atoms with E-state index in [1.54, 1.807) is 11.3 Å². The van der Waals surface area contributed by atoms with Crippen LogP contribution in [-0.2, 0) is 0 Å². The Kier molecular flexibility index (Phi) is 5.57. The number of aromatic nitrogens is 1. The Morgan fingerprint density at radius 1 is 0.594 bits per heavy atom. The molecule has 5 rings (SSSR count). The van der Waals surface area contributed by atoms with Crippen molar-refractivity contribution in [1.29, 1.82) is 0 Å². The number of aryl methyl sites for hydroxylation is 2. The zero-order chi connectivity index (χ0) is 21.9. The van der Waals surface area contributed by atoms with E-state index >= 15 is 0 Å². The molecule has 0 amide bonds. The third-order valence-corrected chi connectivity index (χ3v) is 6.37. The molecule has 0 unspecified atom stereocenters. The van der Waals surface area contributed by atoms with E-state index in [1.807, 2.05) is 6.07 Å². The molecule has 0 aliphatic heterocycles. The predicted octanol–water partition coefficient (Wildman–Crippen LogP) is 7.72. The molecule has 0 aliphatic rings. The fourth-order valence-electron chi connectivity index (χ4n) is 3.73. The molecule has 0 N–H and O–H groups in total. The quantitative estimate of drug-likeness (QED) is 0.277. The van der Waals surface area contributed by atoms with Crippen molar-refractivity contribution < 1.29 is 0 Å². The number of hydrogen-bond acceptors (Lipinski definition) is 2. The molecule has 3 heteroatoms. The van der Waals surface area contributed by atoms with Crippen LogP contribution in [0.3, 0.4) is 0 Å². The van der Waals surface area contributed by atoms with Crippen LogP contribution >= 0.6 is 11.3 Å². The second-order valence-electron chi connectivity index (χ2n) is 7.97. The minimum Gasteiger partial charge on any atom is -0.285 e. The normalized spacial score (nSPS) is 11.6. The fourth-order valence-corrected chi connectivity index (χ4v) is 4.65. The molecular weight excluding hydrogens is 408 g/mol. The minimum absolute atomic E-state index is 0.958. The van der Waals surface area contributed by atoms with Gasteiger partial charge in [-0.15, -0.1) is 11.3 Å². The van der Waals surface area contributed by atoms with E-state index in [2.05, 4.69) is 121 Å². The van der Waals surface area contributed by atoms with Gasteiger partial charge in [-0.2, -0.15) is 0 Å². The summed E-state index contributed by atoms with van der Waals surface area (Å²) in [6, 6.07) is 36.3. The van der Waals surface area contributed by atoms with Crippen molar-refractivity contribution in [3.63, 3.8) is 0 Å². The van der Waals surface area contributed by atoms with Gasteiger partial charge >= 0.3 is 0 Å². The maximum absolute atomic E-state index is 4.97. The molecule has 0 saturated carbocycles. The first kappa shape index (κ1) is 20.2. The molecule has 4 aromatic carbocycles. The number of rotatable bonds is 4. The summed E-state index contributed by atoms with van der Waals surface area (Å²) < 4.78 is 2.25. The van der Waals surface area contributed by atoms with E-state index < -0.39 is 0 Å². The van der Waals surface area contributed by atoms with Crippen molar-refractivity contribution in [3.05, 3.63) is 124 Å². The van der Waals surface area contributed by atoms with Gasteiger partial charge in [0.1, 0.15) is 0 Å². The van der Waals surface area contributed by atoms with Crippen molar-refractivity contribution in [2.24, 2.45) is 4.99 Å². The average Bonchev–Trinajstić information content (AvgIpc) is 3.25. The minimum atomic E-state index is 0.958. The monoisotopic (exact) mass is 432 g/mol. The molecule has 0 bridgehead atoms. The van der Waals surface area contributed by atoms with E-state index in [1.165, 1.54) is 27.8 Å². The zero-order valence-electron chi connectivity index (χ0n) is 18.2. The maximum Gasteiger partial charge on any atom is 0.195 e. The van der Waals surface area contributed by atoms with Crippen LogP contribution in [0.25, 0.3) is 28.1 Å². The van der Waals surface area contributed by atoms with Crippen molar-refractivity contribution in [2.45, 2.75) is 13.8 Å². The van der Waals surface area contributed by atoms with Gasteiger partial charge < -0.3 is 0 Å². The molecular formula is C29H24N2S. The van der Waals surface area contributed by atoms with E-state index in [9.17, 15) is 0 Å². The summed E-state index contributed by atoms with van der Waals surface area (Å²) in [6.07, 6.45) is 0. The second-order valence-corrected chi connectivity index (χ2v) is 8.80. The summed E-state index contributed by atoms with van der Waals surface area (Å²) in [5.41, 5.74) is 9.32. The molecule has 1 heterocycles. The molecule has 0 atom stereocenters. The lowest BCUT2D eigenvalue weighted by Gasteiger charge is -2.11. The lowest BCUT2D eigenvalue weighted by atomic mass is 10.0. The molecule has 0 aliphatic carbocycles. The third kappa shape index (κ3) is 4.20. The molecule has 2 nitrogen and oxygen atoms in total. The van der Waals surface area contributed by atoms with Crippen LogP contribution in [0.2, 0.25) is 0 Å². The van der Waals surface area contributed by atoms with E-state index in [-0.39, 0.29) is 0 Å². The van der Waals surface area contributed by atoms with E-state index in [0.29, 0.717) is 0 Å². The van der Waals surface area contributed by atoms with Crippen LogP contribution in [0.4, 0.5) is 5.69 Å². The van der Waals surface area contributed by atoms with Gasteiger partial charge in [0.05, 0.1) is 11.4 Å². The Morgan fingerprint density at radius 2 is 1.16 bits per heavy atom.